The van der Waals surface area contributed by atoms with Gasteiger partial charge in [0.1, 0.15) is 5.82 Å². The highest BCUT2D eigenvalue weighted by molar-refractivity contribution is 7.92. The van der Waals surface area contributed by atoms with Gasteiger partial charge in [-0.1, -0.05) is 24.3 Å². The molecule has 0 aliphatic rings. The Morgan fingerprint density at radius 2 is 1.77 bits per heavy atom. The minimum atomic E-state index is -4.02. The second-order valence-corrected chi connectivity index (χ2v) is 7.41. The van der Waals surface area contributed by atoms with Crippen molar-refractivity contribution >= 4 is 21.5 Å². The van der Waals surface area contributed by atoms with E-state index >= 15 is 0 Å². The van der Waals surface area contributed by atoms with Gasteiger partial charge in [-0.15, -0.1) is 0 Å². The summed E-state index contributed by atoms with van der Waals surface area (Å²) in [6.07, 6.45) is 0. The van der Waals surface area contributed by atoms with Crippen molar-refractivity contribution in [2.75, 3.05) is 4.72 Å². The Kier molecular flexibility index (Phi) is 4.47. The van der Waals surface area contributed by atoms with Gasteiger partial charge < -0.3 is 0 Å². The average molecular weight is 372 g/mol. The maximum atomic E-state index is 12.7. The molecule has 1 aromatic heterocycles. The molecule has 3 aromatic rings. The van der Waals surface area contributed by atoms with E-state index in [-0.39, 0.29) is 16.4 Å². The topological polar surface area (TPSA) is 107 Å². The molecule has 0 unspecified atom stereocenters. The van der Waals surface area contributed by atoms with Gasteiger partial charge in [0.2, 0.25) is 0 Å². The first kappa shape index (κ1) is 17.6. The third-order valence-corrected chi connectivity index (χ3v) is 5.11. The number of nitrogens with one attached hydrogen (secondary N) is 1. The fraction of sp³-hybridized carbons (Fsp3) is 0.118. The number of aryl methyl sites for hydroxylation is 2. The highest BCUT2D eigenvalue weighted by Crippen LogP contribution is 2.25. The Labute approximate surface area is 150 Å². The van der Waals surface area contributed by atoms with Crippen molar-refractivity contribution in [3.63, 3.8) is 0 Å². The van der Waals surface area contributed by atoms with E-state index in [4.69, 9.17) is 0 Å². The van der Waals surface area contributed by atoms with Crippen molar-refractivity contribution in [2.45, 2.75) is 18.7 Å². The van der Waals surface area contributed by atoms with Crippen LogP contribution in [-0.2, 0) is 10.0 Å². The third-order valence-electron chi connectivity index (χ3n) is 3.76. The van der Waals surface area contributed by atoms with Gasteiger partial charge in [0, 0.05) is 17.7 Å². The Bertz CT molecular complexity index is 1080. The van der Waals surface area contributed by atoms with E-state index in [1.807, 2.05) is 18.2 Å². The van der Waals surface area contributed by atoms with Crippen LogP contribution in [0.4, 0.5) is 11.5 Å². The fourth-order valence-corrected chi connectivity index (χ4v) is 3.54. The van der Waals surface area contributed by atoms with E-state index in [2.05, 4.69) is 9.82 Å². The van der Waals surface area contributed by atoms with E-state index in [1.54, 1.807) is 32.0 Å². The Balaban J connectivity index is 2.02. The predicted molar refractivity (Wildman–Crippen MR) is 96.9 cm³/mol. The largest absolute Gasteiger partial charge is 0.273 e. The van der Waals surface area contributed by atoms with Crippen LogP contribution in [0.15, 0.2) is 59.5 Å². The summed E-state index contributed by atoms with van der Waals surface area (Å²) in [4.78, 5) is 10.3. The van der Waals surface area contributed by atoms with Gasteiger partial charge in [-0.2, -0.15) is 5.10 Å². The van der Waals surface area contributed by atoms with Crippen molar-refractivity contribution in [2.24, 2.45) is 0 Å². The number of hydrogen-bond acceptors (Lipinski definition) is 5. The van der Waals surface area contributed by atoms with Crippen LogP contribution in [0.1, 0.15) is 11.3 Å². The molecule has 134 valence electrons. The number of para-hydroxylation sites is 1. The van der Waals surface area contributed by atoms with E-state index in [0.29, 0.717) is 16.9 Å². The van der Waals surface area contributed by atoms with Crippen LogP contribution in [0, 0.1) is 24.0 Å². The molecule has 1 N–H and O–H groups in total. The Morgan fingerprint density at radius 3 is 2.42 bits per heavy atom. The molecule has 0 radical (unpaired) electrons. The number of aromatic nitrogens is 2. The molecule has 0 atom stereocenters. The maximum absolute atomic E-state index is 12.7. The van der Waals surface area contributed by atoms with Crippen LogP contribution < -0.4 is 4.72 Å². The van der Waals surface area contributed by atoms with E-state index in [9.17, 15) is 18.5 Å². The molecule has 0 saturated carbocycles. The molecule has 0 saturated heterocycles. The minimum Gasteiger partial charge on any atom is -0.263 e. The van der Waals surface area contributed by atoms with Gasteiger partial charge in [-0.05, 0) is 32.0 Å². The van der Waals surface area contributed by atoms with Crippen LogP contribution >= 0.6 is 0 Å². The zero-order valence-electron chi connectivity index (χ0n) is 14.1. The molecule has 0 amide bonds. The maximum Gasteiger partial charge on any atom is 0.273 e. The summed E-state index contributed by atoms with van der Waals surface area (Å²) >= 11 is 0. The minimum absolute atomic E-state index is 0.187. The van der Waals surface area contributed by atoms with Crippen molar-refractivity contribution in [3.05, 3.63) is 76.0 Å². The molecule has 0 aliphatic heterocycles. The highest BCUT2D eigenvalue weighted by Gasteiger charge is 2.22. The quantitative estimate of drug-likeness (QED) is 0.547. The lowest BCUT2D eigenvalue weighted by Gasteiger charge is -2.11. The van der Waals surface area contributed by atoms with Crippen molar-refractivity contribution < 1.29 is 13.3 Å². The van der Waals surface area contributed by atoms with Crippen LogP contribution in [0.3, 0.4) is 0 Å². The molecule has 8 nitrogen and oxygen atoms in total. The normalized spacial score (nSPS) is 11.3. The number of nitro benzene ring substituents is 1. The first-order valence-electron chi connectivity index (χ1n) is 7.68. The monoisotopic (exact) mass is 372 g/mol. The number of hydrogen-bond donors (Lipinski definition) is 1. The molecule has 9 heteroatoms. The van der Waals surface area contributed by atoms with Crippen molar-refractivity contribution in [1.82, 2.24) is 9.78 Å². The van der Waals surface area contributed by atoms with Crippen LogP contribution in [-0.4, -0.2) is 23.1 Å². The average Bonchev–Trinajstić information content (AvgIpc) is 2.95. The number of anilines is 1. The smallest absolute Gasteiger partial charge is 0.263 e. The summed E-state index contributed by atoms with van der Waals surface area (Å²) in [6, 6.07) is 14.4. The van der Waals surface area contributed by atoms with E-state index < -0.39 is 14.9 Å². The fourth-order valence-electron chi connectivity index (χ4n) is 2.49. The third kappa shape index (κ3) is 3.42. The van der Waals surface area contributed by atoms with Gasteiger partial charge in [0.05, 0.1) is 21.2 Å². The van der Waals surface area contributed by atoms with Crippen LogP contribution in [0.25, 0.3) is 5.69 Å². The summed E-state index contributed by atoms with van der Waals surface area (Å²) in [6.45, 7) is 3.30. The van der Waals surface area contributed by atoms with E-state index in [1.165, 1.54) is 16.8 Å². The summed E-state index contributed by atoms with van der Waals surface area (Å²) in [5.41, 5.74) is 1.45. The number of nitrogens with zero attached hydrogens (tertiary/aromatic N) is 3. The zero-order chi connectivity index (χ0) is 18.9. The van der Waals surface area contributed by atoms with Gasteiger partial charge in [0.15, 0.2) is 0 Å². The summed E-state index contributed by atoms with van der Waals surface area (Å²) in [5, 5.41) is 15.4. The molecule has 0 bridgehead atoms. The second kappa shape index (κ2) is 6.60. The molecule has 0 spiro atoms. The molecule has 26 heavy (non-hydrogen) atoms. The summed E-state index contributed by atoms with van der Waals surface area (Å²) in [7, 11) is -4.02. The van der Waals surface area contributed by atoms with Gasteiger partial charge in [-0.3, -0.25) is 14.8 Å². The van der Waals surface area contributed by atoms with Gasteiger partial charge in [-0.25, -0.2) is 13.1 Å². The standard InChI is InChI=1S/C17H16N4O4S/c1-12-8-9-15(11-16(12)21(22)23)26(24,25)19-17-10-13(2)18-20(17)14-6-4-3-5-7-14/h3-11,19H,1-2H3. The Hall–Kier alpha value is -3.20. The molecule has 1 heterocycles. The van der Waals surface area contributed by atoms with Crippen molar-refractivity contribution in [1.29, 1.82) is 0 Å². The second-order valence-electron chi connectivity index (χ2n) is 5.73. The summed E-state index contributed by atoms with van der Waals surface area (Å²) in [5.74, 6) is 0.247. The summed E-state index contributed by atoms with van der Waals surface area (Å²) < 4.78 is 29.3. The first-order valence-corrected chi connectivity index (χ1v) is 9.16. The van der Waals surface area contributed by atoms with E-state index in [0.717, 1.165) is 6.07 Å². The predicted octanol–water partition coefficient (Wildman–Crippen LogP) is 3.20. The molecule has 0 aliphatic carbocycles. The van der Waals surface area contributed by atoms with Crippen LogP contribution in [0.5, 0.6) is 0 Å². The SMILES string of the molecule is Cc1cc(NS(=O)(=O)c2ccc(C)c([N+](=O)[O-])c2)n(-c2ccccc2)n1. The number of benzene rings is 2. The number of rotatable bonds is 5. The lowest BCUT2D eigenvalue weighted by atomic mass is 10.2. The molecule has 2 aromatic carbocycles. The zero-order valence-corrected chi connectivity index (χ0v) is 14.9. The van der Waals surface area contributed by atoms with Crippen molar-refractivity contribution in [3.8, 4) is 5.69 Å². The molecular formula is C17H16N4O4S. The molecule has 0 fully saturated rings. The number of sulfonamides is 1. The first-order chi connectivity index (χ1) is 12.3. The highest BCUT2D eigenvalue weighted by atomic mass is 32.2. The van der Waals surface area contributed by atoms with Gasteiger partial charge in [0.25, 0.3) is 15.7 Å². The van der Waals surface area contributed by atoms with Crippen LogP contribution in [0.2, 0.25) is 0 Å². The molecular weight excluding hydrogens is 356 g/mol. The number of nitro groups is 1. The lowest BCUT2D eigenvalue weighted by molar-refractivity contribution is -0.385. The Morgan fingerprint density at radius 1 is 1.08 bits per heavy atom. The molecule has 3 rings (SSSR count). The lowest BCUT2D eigenvalue weighted by Crippen LogP contribution is -2.16. The van der Waals surface area contributed by atoms with Gasteiger partial charge >= 0.3 is 0 Å².